The van der Waals surface area contributed by atoms with Crippen molar-refractivity contribution in [3.05, 3.63) is 28.8 Å². The molecule has 2 N–H and O–H groups in total. The molecule has 21 heavy (non-hydrogen) atoms. The largest absolute Gasteiger partial charge is 0.507 e. The quantitative estimate of drug-likeness (QED) is 0.814. The zero-order valence-electron chi connectivity index (χ0n) is 15.3. The Labute approximate surface area is 131 Å². The van der Waals surface area contributed by atoms with E-state index in [4.69, 9.17) is 0 Å². The van der Waals surface area contributed by atoms with Crippen molar-refractivity contribution >= 4 is 0 Å². The molecule has 0 heterocycles. The van der Waals surface area contributed by atoms with Crippen LogP contribution in [0.5, 0.6) is 5.75 Å². The average Bonchev–Trinajstić information content (AvgIpc) is 2.23. The molecule has 0 aliphatic heterocycles. The fraction of sp³-hybridized carbons (Fsp3) is 0.684. The SMILES string of the molecule is CC(C)(C)NCc1cc(C(C)(C)C)c(O)c(C(C)(C)C)c1. The minimum Gasteiger partial charge on any atom is -0.507 e. The summed E-state index contributed by atoms with van der Waals surface area (Å²) in [5, 5.41) is 14.2. The van der Waals surface area contributed by atoms with Gasteiger partial charge in [0, 0.05) is 12.1 Å². The summed E-state index contributed by atoms with van der Waals surface area (Å²) in [6.45, 7) is 20.2. The summed E-state index contributed by atoms with van der Waals surface area (Å²) >= 11 is 0. The fourth-order valence-electron chi connectivity index (χ4n) is 2.31. The summed E-state index contributed by atoms with van der Waals surface area (Å²) in [4.78, 5) is 0. The maximum absolute atomic E-state index is 10.7. The van der Waals surface area contributed by atoms with Gasteiger partial charge in [0.15, 0.2) is 0 Å². The molecule has 0 spiro atoms. The second kappa shape index (κ2) is 5.64. The highest BCUT2D eigenvalue weighted by atomic mass is 16.3. The van der Waals surface area contributed by atoms with Crippen LogP contribution in [-0.4, -0.2) is 10.6 Å². The Bertz CT molecular complexity index is 461. The molecule has 0 saturated heterocycles. The number of hydrogen-bond donors (Lipinski definition) is 2. The third-order valence-corrected chi connectivity index (χ3v) is 3.61. The number of benzene rings is 1. The average molecular weight is 291 g/mol. The zero-order chi connectivity index (χ0) is 16.6. The molecule has 0 amide bonds. The number of aromatic hydroxyl groups is 1. The molecule has 0 aromatic heterocycles. The predicted molar refractivity (Wildman–Crippen MR) is 92.1 cm³/mol. The summed E-state index contributed by atoms with van der Waals surface area (Å²) in [5.41, 5.74) is 3.24. The van der Waals surface area contributed by atoms with E-state index >= 15 is 0 Å². The van der Waals surface area contributed by atoms with Crippen LogP contribution < -0.4 is 5.32 Å². The molecule has 0 bridgehead atoms. The van der Waals surface area contributed by atoms with E-state index in [0.717, 1.165) is 17.7 Å². The second-order valence-electron chi connectivity index (χ2n) is 9.14. The van der Waals surface area contributed by atoms with Crippen LogP contribution in [0.1, 0.15) is 79.0 Å². The maximum Gasteiger partial charge on any atom is 0.123 e. The Morgan fingerprint density at radius 1 is 0.810 bits per heavy atom. The zero-order valence-corrected chi connectivity index (χ0v) is 15.3. The van der Waals surface area contributed by atoms with E-state index in [9.17, 15) is 5.11 Å². The van der Waals surface area contributed by atoms with Gasteiger partial charge in [0.25, 0.3) is 0 Å². The molecule has 120 valence electrons. The minimum atomic E-state index is -0.0676. The Morgan fingerprint density at radius 2 is 1.19 bits per heavy atom. The Hall–Kier alpha value is -1.02. The molecule has 1 aromatic rings. The van der Waals surface area contributed by atoms with Crippen molar-refractivity contribution < 1.29 is 5.11 Å². The van der Waals surface area contributed by atoms with Gasteiger partial charge in [-0.05, 0) is 48.3 Å². The summed E-state index contributed by atoms with van der Waals surface area (Å²) in [5.74, 6) is 0.453. The van der Waals surface area contributed by atoms with Gasteiger partial charge in [0.05, 0.1) is 0 Å². The van der Waals surface area contributed by atoms with Crippen LogP contribution in [0.2, 0.25) is 0 Å². The predicted octanol–water partition coefficient (Wildman–Crippen LogP) is 4.88. The molecule has 0 aliphatic carbocycles. The highest BCUT2D eigenvalue weighted by Gasteiger charge is 2.26. The van der Waals surface area contributed by atoms with Crippen molar-refractivity contribution in [1.82, 2.24) is 5.32 Å². The van der Waals surface area contributed by atoms with Crippen LogP contribution in [0.15, 0.2) is 12.1 Å². The first-order chi connectivity index (χ1) is 9.22. The smallest absolute Gasteiger partial charge is 0.123 e. The standard InChI is InChI=1S/C19H33NO/c1-17(2,3)14-10-13(12-20-19(7,8)9)11-15(16(14)21)18(4,5)6/h10-11,20-21H,12H2,1-9H3. The van der Waals surface area contributed by atoms with Crippen molar-refractivity contribution in [3.63, 3.8) is 0 Å². The van der Waals surface area contributed by atoms with Crippen LogP contribution in [0.3, 0.4) is 0 Å². The minimum absolute atomic E-state index is 0.0676. The molecule has 0 unspecified atom stereocenters. The molecule has 2 nitrogen and oxygen atoms in total. The van der Waals surface area contributed by atoms with Gasteiger partial charge in [-0.2, -0.15) is 0 Å². The monoisotopic (exact) mass is 291 g/mol. The molecule has 2 heteroatoms. The van der Waals surface area contributed by atoms with Crippen LogP contribution in [0.4, 0.5) is 0 Å². The van der Waals surface area contributed by atoms with Crippen molar-refractivity contribution in [1.29, 1.82) is 0 Å². The van der Waals surface area contributed by atoms with Gasteiger partial charge >= 0.3 is 0 Å². The third kappa shape index (κ3) is 5.03. The molecule has 0 atom stereocenters. The van der Waals surface area contributed by atoms with Crippen molar-refractivity contribution in [2.75, 3.05) is 0 Å². The Morgan fingerprint density at radius 3 is 1.48 bits per heavy atom. The lowest BCUT2D eigenvalue weighted by Crippen LogP contribution is -2.35. The molecular formula is C19H33NO. The molecule has 0 saturated carbocycles. The van der Waals surface area contributed by atoms with E-state index in [2.05, 4.69) is 79.8 Å². The van der Waals surface area contributed by atoms with Gasteiger partial charge in [-0.15, -0.1) is 0 Å². The molecule has 1 aromatic carbocycles. The Kier molecular flexibility index (Phi) is 4.84. The lowest BCUT2D eigenvalue weighted by atomic mass is 9.78. The maximum atomic E-state index is 10.7. The second-order valence-corrected chi connectivity index (χ2v) is 9.14. The molecule has 0 radical (unpaired) electrons. The molecule has 0 aliphatic rings. The number of phenols is 1. The van der Waals surface area contributed by atoms with E-state index in [1.165, 1.54) is 5.56 Å². The summed E-state index contributed by atoms with van der Waals surface area (Å²) in [7, 11) is 0. The van der Waals surface area contributed by atoms with E-state index < -0.39 is 0 Å². The van der Waals surface area contributed by atoms with Gasteiger partial charge in [-0.3, -0.25) is 0 Å². The lowest BCUT2D eigenvalue weighted by molar-refractivity contribution is 0.414. The van der Waals surface area contributed by atoms with Gasteiger partial charge in [0.2, 0.25) is 0 Å². The van der Waals surface area contributed by atoms with Crippen LogP contribution in [0, 0.1) is 0 Å². The van der Waals surface area contributed by atoms with E-state index in [1.807, 2.05) is 0 Å². The normalized spacial score (nSPS) is 13.6. The summed E-state index contributed by atoms with van der Waals surface area (Å²) in [6, 6.07) is 4.28. The van der Waals surface area contributed by atoms with Gasteiger partial charge < -0.3 is 10.4 Å². The van der Waals surface area contributed by atoms with E-state index in [0.29, 0.717) is 5.75 Å². The number of nitrogens with one attached hydrogen (secondary N) is 1. The lowest BCUT2D eigenvalue weighted by Gasteiger charge is -2.29. The van der Waals surface area contributed by atoms with Gasteiger partial charge in [0.1, 0.15) is 5.75 Å². The van der Waals surface area contributed by atoms with Gasteiger partial charge in [-0.25, -0.2) is 0 Å². The van der Waals surface area contributed by atoms with Gasteiger partial charge in [-0.1, -0.05) is 53.7 Å². The fourth-order valence-corrected chi connectivity index (χ4v) is 2.31. The first-order valence-corrected chi connectivity index (χ1v) is 7.84. The van der Waals surface area contributed by atoms with Crippen molar-refractivity contribution in [3.8, 4) is 5.75 Å². The molecule has 1 rings (SSSR count). The number of rotatable bonds is 2. The van der Waals surface area contributed by atoms with Crippen LogP contribution >= 0.6 is 0 Å². The van der Waals surface area contributed by atoms with Crippen molar-refractivity contribution in [2.45, 2.75) is 85.2 Å². The first kappa shape index (κ1) is 18.0. The van der Waals surface area contributed by atoms with Crippen LogP contribution in [-0.2, 0) is 17.4 Å². The first-order valence-electron chi connectivity index (χ1n) is 7.84. The number of phenolic OH excluding ortho intramolecular Hbond substituents is 1. The summed E-state index contributed by atoms with van der Waals surface area (Å²) in [6.07, 6.45) is 0. The highest BCUT2D eigenvalue weighted by Crippen LogP contribution is 2.39. The van der Waals surface area contributed by atoms with Crippen molar-refractivity contribution in [2.24, 2.45) is 0 Å². The topological polar surface area (TPSA) is 32.3 Å². The van der Waals surface area contributed by atoms with E-state index in [-0.39, 0.29) is 16.4 Å². The molecule has 0 fully saturated rings. The third-order valence-electron chi connectivity index (χ3n) is 3.61. The highest BCUT2D eigenvalue weighted by molar-refractivity contribution is 5.49. The van der Waals surface area contributed by atoms with Crippen LogP contribution in [0.25, 0.3) is 0 Å². The van der Waals surface area contributed by atoms with E-state index in [1.54, 1.807) is 0 Å². The molecular weight excluding hydrogens is 258 g/mol. The summed E-state index contributed by atoms with van der Waals surface area (Å²) < 4.78 is 0. The Balaban J connectivity index is 3.34. The number of hydrogen-bond acceptors (Lipinski definition) is 2.